The molecule has 2 unspecified atom stereocenters. The average molecular weight is 260 g/mol. The van der Waals surface area contributed by atoms with Crippen LogP contribution in [0.4, 0.5) is 4.79 Å². The third kappa shape index (κ3) is 6.68. The van der Waals surface area contributed by atoms with Gasteiger partial charge in [-0.05, 0) is 32.4 Å². The van der Waals surface area contributed by atoms with Gasteiger partial charge in [-0.15, -0.1) is 0 Å². The van der Waals surface area contributed by atoms with Gasteiger partial charge < -0.3 is 14.5 Å². The quantitative estimate of drug-likeness (QED) is 0.773. The van der Waals surface area contributed by atoms with Gasteiger partial charge in [0.25, 0.3) is 0 Å². The van der Waals surface area contributed by atoms with Crippen molar-refractivity contribution in [1.82, 2.24) is 5.32 Å². The van der Waals surface area contributed by atoms with Crippen molar-refractivity contribution in [3.8, 4) is 0 Å². The summed E-state index contributed by atoms with van der Waals surface area (Å²) in [5.41, 5.74) is -0.0130. The van der Waals surface area contributed by atoms with Crippen LogP contribution in [0, 0.1) is 5.41 Å². The van der Waals surface area contributed by atoms with Gasteiger partial charge in [0.1, 0.15) is 0 Å². The molecule has 101 valence electrons. The van der Waals surface area contributed by atoms with Gasteiger partial charge in [-0.3, -0.25) is 0 Å². The first-order chi connectivity index (χ1) is 7.68. The van der Waals surface area contributed by atoms with Gasteiger partial charge in [0.15, 0.2) is 0 Å². The molecule has 2 atom stereocenters. The SMILES string of the molecule is CCOC(=O)NC(C)C(O[Si](C)C)C(C)(C)C. The van der Waals surface area contributed by atoms with Crippen molar-refractivity contribution in [3.63, 3.8) is 0 Å². The molecule has 1 amide bonds. The number of carbonyl (C=O) groups is 1. The van der Waals surface area contributed by atoms with Gasteiger partial charge >= 0.3 is 6.09 Å². The molecule has 0 aliphatic heterocycles. The van der Waals surface area contributed by atoms with E-state index in [0.717, 1.165) is 0 Å². The molecule has 0 saturated heterocycles. The van der Waals surface area contributed by atoms with Crippen LogP contribution in [0.25, 0.3) is 0 Å². The van der Waals surface area contributed by atoms with E-state index in [1.54, 1.807) is 6.92 Å². The predicted molar refractivity (Wildman–Crippen MR) is 71.4 cm³/mol. The number of hydrogen-bond acceptors (Lipinski definition) is 3. The van der Waals surface area contributed by atoms with Gasteiger partial charge in [-0.2, -0.15) is 0 Å². The summed E-state index contributed by atoms with van der Waals surface area (Å²) in [5, 5.41) is 2.82. The molecule has 0 aromatic heterocycles. The second kappa shape index (κ2) is 7.01. The third-order valence-corrected chi connectivity index (χ3v) is 3.02. The minimum absolute atomic E-state index is 0.00389. The summed E-state index contributed by atoms with van der Waals surface area (Å²) in [6.45, 7) is 14.7. The lowest BCUT2D eigenvalue weighted by Gasteiger charge is -2.36. The Morgan fingerprint density at radius 2 is 1.88 bits per heavy atom. The minimum atomic E-state index is -0.800. The number of hydrogen-bond donors (Lipinski definition) is 1. The zero-order valence-electron chi connectivity index (χ0n) is 12.1. The lowest BCUT2D eigenvalue weighted by atomic mass is 9.85. The van der Waals surface area contributed by atoms with E-state index in [0.29, 0.717) is 6.61 Å². The first-order valence-corrected chi connectivity index (χ1v) is 8.49. The molecule has 0 aliphatic rings. The molecule has 0 fully saturated rings. The molecule has 0 bridgehead atoms. The van der Waals surface area contributed by atoms with Crippen LogP contribution < -0.4 is 5.32 Å². The van der Waals surface area contributed by atoms with Gasteiger partial charge in [-0.1, -0.05) is 20.8 Å². The molecule has 0 aromatic rings. The van der Waals surface area contributed by atoms with E-state index < -0.39 is 9.04 Å². The van der Waals surface area contributed by atoms with Crippen molar-refractivity contribution >= 4 is 15.1 Å². The molecular formula is C12H26NO3Si. The maximum atomic E-state index is 11.4. The van der Waals surface area contributed by atoms with Crippen LogP contribution >= 0.6 is 0 Å². The summed E-state index contributed by atoms with van der Waals surface area (Å²) in [6, 6.07) is -0.0612. The van der Waals surface area contributed by atoms with Gasteiger partial charge in [-0.25, -0.2) is 4.79 Å². The highest BCUT2D eigenvalue weighted by Crippen LogP contribution is 2.25. The highest BCUT2D eigenvalue weighted by atomic mass is 28.3. The van der Waals surface area contributed by atoms with Gasteiger partial charge in [0, 0.05) is 0 Å². The van der Waals surface area contributed by atoms with Crippen molar-refractivity contribution < 1.29 is 14.0 Å². The van der Waals surface area contributed by atoms with Crippen molar-refractivity contribution in [1.29, 1.82) is 0 Å². The summed E-state index contributed by atoms with van der Waals surface area (Å²) >= 11 is 0. The molecule has 0 aliphatic carbocycles. The van der Waals surface area contributed by atoms with E-state index in [9.17, 15) is 4.79 Å². The lowest BCUT2D eigenvalue weighted by molar-refractivity contribution is 0.0527. The van der Waals surface area contributed by atoms with Crippen LogP contribution in [-0.4, -0.2) is 33.9 Å². The van der Waals surface area contributed by atoms with Crippen LogP contribution in [-0.2, 0) is 9.16 Å². The number of carbonyl (C=O) groups excluding carboxylic acids is 1. The second-order valence-electron chi connectivity index (χ2n) is 5.47. The Morgan fingerprint density at radius 1 is 1.35 bits per heavy atom. The fraction of sp³-hybridized carbons (Fsp3) is 0.917. The summed E-state index contributed by atoms with van der Waals surface area (Å²) in [7, 11) is -0.800. The van der Waals surface area contributed by atoms with E-state index in [2.05, 4.69) is 39.2 Å². The highest BCUT2D eigenvalue weighted by molar-refractivity contribution is 6.48. The van der Waals surface area contributed by atoms with E-state index in [-0.39, 0.29) is 23.7 Å². The monoisotopic (exact) mass is 260 g/mol. The van der Waals surface area contributed by atoms with Crippen molar-refractivity contribution in [2.24, 2.45) is 5.41 Å². The first-order valence-electron chi connectivity index (χ1n) is 6.08. The Kier molecular flexibility index (Phi) is 6.78. The molecule has 17 heavy (non-hydrogen) atoms. The number of amides is 1. The molecule has 0 heterocycles. The maximum absolute atomic E-state index is 11.4. The zero-order chi connectivity index (χ0) is 13.6. The lowest BCUT2D eigenvalue weighted by Crippen LogP contribution is -2.50. The third-order valence-electron chi connectivity index (χ3n) is 2.29. The molecule has 0 spiro atoms. The molecule has 1 radical (unpaired) electrons. The van der Waals surface area contributed by atoms with E-state index in [4.69, 9.17) is 9.16 Å². The van der Waals surface area contributed by atoms with Crippen LogP contribution in [0.1, 0.15) is 34.6 Å². The van der Waals surface area contributed by atoms with Crippen LogP contribution in [0.2, 0.25) is 13.1 Å². The Hall–Kier alpha value is -0.553. The molecule has 0 saturated carbocycles. The Morgan fingerprint density at radius 3 is 2.24 bits per heavy atom. The molecule has 5 heteroatoms. The summed E-state index contributed by atoms with van der Waals surface area (Å²) in [4.78, 5) is 11.4. The smallest absolute Gasteiger partial charge is 0.407 e. The Bertz CT molecular complexity index is 238. The van der Waals surface area contributed by atoms with E-state index in [1.807, 2.05) is 6.92 Å². The predicted octanol–water partition coefficient (Wildman–Crippen LogP) is 2.80. The molecule has 0 aromatic carbocycles. The zero-order valence-corrected chi connectivity index (χ0v) is 13.1. The van der Waals surface area contributed by atoms with Crippen molar-refractivity contribution in [3.05, 3.63) is 0 Å². The number of alkyl carbamates (subject to hydrolysis) is 1. The Balaban J connectivity index is 4.53. The van der Waals surface area contributed by atoms with Crippen LogP contribution in [0.15, 0.2) is 0 Å². The normalized spacial score (nSPS) is 15.5. The molecular weight excluding hydrogens is 234 g/mol. The fourth-order valence-electron chi connectivity index (χ4n) is 1.72. The van der Waals surface area contributed by atoms with Crippen LogP contribution in [0.5, 0.6) is 0 Å². The van der Waals surface area contributed by atoms with Crippen molar-refractivity contribution in [2.75, 3.05) is 6.61 Å². The average Bonchev–Trinajstić information content (AvgIpc) is 2.12. The summed E-state index contributed by atoms with van der Waals surface area (Å²) in [5.74, 6) is 0. The summed E-state index contributed by atoms with van der Waals surface area (Å²) < 4.78 is 10.9. The summed E-state index contributed by atoms with van der Waals surface area (Å²) in [6.07, 6.45) is -0.380. The highest BCUT2D eigenvalue weighted by Gasteiger charge is 2.32. The van der Waals surface area contributed by atoms with E-state index in [1.165, 1.54) is 0 Å². The van der Waals surface area contributed by atoms with Crippen LogP contribution in [0.3, 0.4) is 0 Å². The largest absolute Gasteiger partial charge is 0.450 e. The van der Waals surface area contributed by atoms with Gasteiger partial charge in [0.05, 0.1) is 18.8 Å². The van der Waals surface area contributed by atoms with Gasteiger partial charge in [0.2, 0.25) is 9.04 Å². The maximum Gasteiger partial charge on any atom is 0.407 e. The number of rotatable bonds is 5. The number of nitrogens with one attached hydrogen (secondary N) is 1. The molecule has 0 rings (SSSR count). The topological polar surface area (TPSA) is 47.6 Å². The number of ether oxygens (including phenoxy) is 1. The van der Waals surface area contributed by atoms with E-state index >= 15 is 0 Å². The fourth-order valence-corrected chi connectivity index (χ4v) is 2.78. The Labute approximate surface area is 107 Å². The second-order valence-corrected chi connectivity index (χ2v) is 7.52. The molecule has 4 nitrogen and oxygen atoms in total. The van der Waals surface area contributed by atoms with Crippen molar-refractivity contribution in [2.45, 2.75) is 59.9 Å². The standard InChI is InChI=1S/C12H26NO3Si/c1-8-15-11(14)13-9(2)10(12(3,4)5)16-17(6)7/h9-10H,8H2,1-7H3,(H,13,14). The minimum Gasteiger partial charge on any atom is -0.450 e. The molecule has 1 N–H and O–H groups in total. The first kappa shape index (κ1) is 16.4.